The SMILES string of the molecule is CCCCc1ccc(NC(=O)C(=O)NCc2ccc(C)cc2)cc1. The molecule has 0 unspecified atom stereocenters. The Kier molecular flexibility index (Phi) is 6.55. The van der Waals surface area contributed by atoms with Crippen LogP contribution < -0.4 is 10.6 Å². The number of carbonyl (C=O) groups excluding carboxylic acids is 2. The summed E-state index contributed by atoms with van der Waals surface area (Å²) in [5.41, 5.74) is 3.98. The van der Waals surface area contributed by atoms with Gasteiger partial charge in [-0.05, 0) is 43.0 Å². The van der Waals surface area contributed by atoms with Gasteiger partial charge in [0.15, 0.2) is 0 Å². The molecule has 126 valence electrons. The van der Waals surface area contributed by atoms with Crippen LogP contribution in [0.1, 0.15) is 36.5 Å². The van der Waals surface area contributed by atoms with E-state index in [2.05, 4.69) is 17.6 Å². The number of hydrogen-bond acceptors (Lipinski definition) is 2. The molecule has 0 saturated heterocycles. The number of nitrogens with one attached hydrogen (secondary N) is 2. The number of anilines is 1. The molecule has 24 heavy (non-hydrogen) atoms. The number of amides is 2. The van der Waals surface area contributed by atoms with Crippen LogP contribution in [0.15, 0.2) is 48.5 Å². The lowest BCUT2D eigenvalue weighted by Gasteiger charge is -2.08. The molecule has 0 heterocycles. The molecule has 2 N–H and O–H groups in total. The van der Waals surface area contributed by atoms with Crippen molar-refractivity contribution in [3.05, 3.63) is 65.2 Å². The lowest BCUT2D eigenvalue weighted by atomic mass is 10.1. The van der Waals surface area contributed by atoms with Crippen molar-refractivity contribution >= 4 is 17.5 Å². The normalized spacial score (nSPS) is 10.2. The highest BCUT2D eigenvalue weighted by atomic mass is 16.2. The number of benzene rings is 2. The van der Waals surface area contributed by atoms with Gasteiger partial charge in [0.2, 0.25) is 0 Å². The fraction of sp³-hybridized carbons (Fsp3) is 0.300. The minimum atomic E-state index is -0.650. The second-order valence-electron chi connectivity index (χ2n) is 5.92. The van der Waals surface area contributed by atoms with E-state index < -0.39 is 11.8 Å². The van der Waals surface area contributed by atoms with Gasteiger partial charge >= 0.3 is 11.8 Å². The predicted molar refractivity (Wildman–Crippen MR) is 96.7 cm³/mol. The molecule has 0 atom stereocenters. The number of carbonyl (C=O) groups is 2. The van der Waals surface area contributed by atoms with E-state index in [0.717, 1.165) is 30.4 Å². The van der Waals surface area contributed by atoms with Gasteiger partial charge in [0.1, 0.15) is 0 Å². The summed E-state index contributed by atoms with van der Waals surface area (Å²) in [6, 6.07) is 15.4. The first-order valence-electron chi connectivity index (χ1n) is 8.32. The van der Waals surface area contributed by atoms with Crippen molar-refractivity contribution < 1.29 is 9.59 Å². The highest BCUT2D eigenvalue weighted by molar-refractivity contribution is 6.39. The molecule has 0 aliphatic rings. The van der Waals surface area contributed by atoms with Crippen molar-refractivity contribution in [3.8, 4) is 0 Å². The van der Waals surface area contributed by atoms with Crippen molar-refractivity contribution in [2.24, 2.45) is 0 Å². The van der Waals surface area contributed by atoms with Crippen LogP contribution in [0, 0.1) is 6.92 Å². The van der Waals surface area contributed by atoms with E-state index in [0.29, 0.717) is 12.2 Å². The number of aryl methyl sites for hydroxylation is 2. The average molecular weight is 324 g/mol. The molecule has 2 amide bonds. The van der Waals surface area contributed by atoms with Gasteiger partial charge in [-0.15, -0.1) is 0 Å². The van der Waals surface area contributed by atoms with E-state index in [1.165, 1.54) is 5.56 Å². The fourth-order valence-electron chi connectivity index (χ4n) is 2.29. The Hall–Kier alpha value is -2.62. The monoisotopic (exact) mass is 324 g/mol. The smallest absolute Gasteiger partial charge is 0.313 e. The number of rotatable bonds is 6. The van der Waals surface area contributed by atoms with Crippen molar-refractivity contribution in [3.63, 3.8) is 0 Å². The van der Waals surface area contributed by atoms with Gasteiger partial charge in [-0.2, -0.15) is 0 Å². The van der Waals surface area contributed by atoms with Gasteiger partial charge in [0, 0.05) is 12.2 Å². The Bertz CT molecular complexity index is 676. The first kappa shape index (κ1) is 17.7. The molecule has 0 aliphatic heterocycles. The molecule has 4 heteroatoms. The molecule has 0 aliphatic carbocycles. The average Bonchev–Trinajstić information content (AvgIpc) is 2.60. The Labute approximate surface area is 143 Å². The quantitative estimate of drug-likeness (QED) is 0.798. The molecule has 0 aromatic heterocycles. The van der Waals surface area contributed by atoms with Crippen LogP contribution in [-0.2, 0) is 22.6 Å². The third-order valence-corrected chi connectivity index (χ3v) is 3.81. The fourth-order valence-corrected chi connectivity index (χ4v) is 2.29. The minimum absolute atomic E-state index is 0.336. The maximum atomic E-state index is 11.9. The van der Waals surface area contributed by atoms with Crippen molar-refractivity contribution in [2.75, 3.05) is 5.32 Å². The minimum Gasteiger partial charge on any atom is -0.344 e. The van der Waals surface area contributed by atoms with E-state index in [-0.39, 0.29) is 0 Å². The van der Waals surface area contributed by atoms with Crippen LogP contribution >= 0.6 is 0 Å². The topological polar surface area (TPSA) is 58.2 Å². The molecule has 0 saturated carbocycles. The molecule has 2 rings (SSSR count). The lowest BCUT2D eigenvalue weighted by Crippen LogP contribution is -2.34. The van der Waals surface area contributed by atoms with E-state index >= 15 is 0 Å². The summed E-state index contributed by atoms with van der Waals surface area (Å²) in [6.45, 7) is 4.50. The van der Waals surface area contributed by atoms with Crippen LogP contribution in [0.5, 0.6) is 0 Å². The van der Waals surface area contributed by atoms with Crippen molar-refractivity contribution in [2.45, 2.75) is 39.7 Å². The van der Waals surface area contributed by atoms with Crippen LogP contribution in [0.2, 0.25) is 0 Å². The highest BCUT2D eigenvalue weighted by Crippen LogP contribution is 2.11. The Morgan fingerprint density at radius 2 is 1.50 bits per heavy atom. The van der Waals surface area contributed by atoms with Crippen LogP contribution in [0.4, 0.5) is 5.69 Å². The molecular weight excluding hydrogens is 300 g/mol. The number of unbranched alkanes of at least 4 members (excludes halogenated alkanes) is 1. The highest BCUT2D eigenvalue weighted by Gasteiger charge is 2.13. The van der Waals surface area contributed by atoms with Gasteiger partial charge in [-0.25, -0.2) is 0 Å². The second kappa shape index (κ2) is 8.87. The zero-order valence-electron chi connectivity index (χ0n) is 14.3. The van der Waals surface area contributed by atoms with E-state index in [1.54, 1.807) is 0 Å². The number of hydrogen-bond donors (Lipinski definition) is 2. The summed E-state index contributed by atoms with van der Waals surface area (Å²) in [5, 5.41) is 5.25. The van der Waals surface area contributed by atoms with Crippen LogP contribution in [0.25, 0.3) is 0 Å². The van der Waals surface area contributed by atoms with Crippen molar-refractivity contribution in [1.82, 2.24) is 5.32 Å². The van der Waals surface area contributed by atoms with E-state index in [1.807, 2.05) is 55.5 Å². The summed E-state index contributed by atoms with van der Waals surface area (Å²) in [6.07, 6.45) is 3.33. The Balaban J connectivity index is 1.82. The van der Waals surface area contributed by atoms with Gasteiger partial charge in [-0.1, -0.05) is 55.3 Å². The molecule has 4 nitrogen and oxygen atoms in total. The maximum Gasteiger partial charge on any atom is 0.313 e. The predicted octanol–water partition coefficient (Wildman–Crippen LogP) is 3.59. The third-order valence-electron chi connectivity index (χ3n) is 3.81. The second-order valence-corrected chi connectivity index (χ2v) is 5.92. The largest absolute Gasteiger partial charge is 0.344 e. The summed E-state index contributed by atoms with van der Waals surface area (Å²) in [5.74, 6) is -1.28. The molecule has 2 aromatic rings. The van der Waals surface area contributed by atoms with Crippen LogP contribution in [-0.4, -0.2) is 11.8 Å². The van der Waals surface area contributed by atoms with Crippen LogP contribution in [0.3, 0.4) is 0 Å². The molecule has 2 aromatic carbocycles. The summed E-state index contributed by atoms with van der Waals surface area (Å²) in [4.78, 5) is 23.8. The molecule has 0 fully saturated rings. The maximum absolute atomic E-state index is 11.9. The molecule has 0 bridgehead atoms. The first-order valence-corrected chi connectivity index (χ1v) is 8.32. The van der Waals surface area contributed by atoms with Crippen molar-refractivity contribution in [1.29, 1.82) is 0 Å². The zero-order chi connectivity index (χ0) is 17.4. The zero-order valence-corrected chi connectivity index (χ0v) is 14.3. The van der Waals surface area contributed by atoms with Gasteiger partial charge < -0.3 is 10.6 Å². The molecular formula is C20H24N2O2. The lowest BCUT2D eigenvalue weighted by molar-refractivity contribution is -0.136. The molecule has 0 radical (unpaired) electrons. The summed E-state index contributed by atoms with van der Waals surface area (Å²) >= 11 is 0. The molecule has 0 spiro atoms. The van der Waals surface area contributed by atoms with Gasteiger partial charge in [0.25, 0.3) is 0 Å². The summed E-state index contributed by atoms with van der Waals surface area (Å²) < 4.78 is 0. The van der Waals surface area contributed by atoms with Gasteiger partial charge in [-0.3, -0.25) is 9.59 Å². The third kappa shape index (κ3) is 5.54. The Morgan fingerprint density at radius 3 is 2.12 bits per heavy atom. The summed E-state index contributed by atoms with van der Waals surface area (Å²) in [7, 11) is 0. The Morgan fingerprint density at radius 1 is 0.875 bits per heavy atom. The van der Waals surface area contributed by atoms with Gasteiger partial charge in [0.05, 0.1) is 0 Å². The van der Waals surface area contributed by atoms with E-state index in [4.69, 9.17) is 0 Å². The van der Waals surface area contributed by atoms with E-state index in [9.17, 15) is 9.59 Å². The first-order chi connectivity index (χ1) is 11.6. The standard InChI is InChI=1S/C20H24N2O2/c1-3-4-5-16-10-12-18(13-11-16)22-20(24)19(23)21-14-17-8-6-15(2)7-9-17/h6-13H,3-5,14H2,1-2H3,(H,21,23)(H,22,24).